The Morgan fingerprint density at radius 2 is 2.07 bits per heavy atom. The van der Waals surface area contributed by atoms with E-state index in [0.717, 1.165) is 30.7 Å². The first kappa shape index (κ1) is 20.5. The van der Waals surface area contributed by atoms with Crippen molar-refractivity contribution in [1.29, 1.82) is 0 Å². The smallest absolute Gasteiger partial charge is 0.199 e. The molecule has 0 aromatic carbocycles. The summed E-state index contributed by atoms with van der Waals surface area (Å²) in [7, 11) is 0. The standard InChI is InChI=1S/C19H29N5O4/c1-5-6-7-8-19(4)10-15(9-18(2,3)23(19)25)22(24(26)27)16-13-20-11-14-12-21-28-17(14)16/h11-13,15,25H,5-10H2,1-4H3. The minimum Gasteiger partial charge on any atom is -0.354 e. The van der Waals surface area contributed by atoms with Crippen molar-refractivity contribution in [3.05, 3.63) is 28.7 Å². The number of rotatable bonds is 7. The van der Waals surface area contributed by atoms with Crippen molar-refractivity contribution >= 4 is 16.7 Å². The number of aromatic nitrogens is 2. The Hall–Kier alpha value is -2.26. The SMILES string of the molecule is CCCCCC1(C)CC(N(c2cncc3cnoc23)[N+](=O)[O-])CC(C)(C)N1O. The molecule has 1 saturated heterocycles. The van der Waals surface area contributed by atoms with E-state index in [1.54, 1.807) is 6.20 Å². The van der Waals surface area contributed by atoms with Gasteiger partial charge in [0.1, 0.15) is 0 Å². The maximum atomic E-state index is 12.1. The van der Waals surface area contributed by atoms with Crippen LogP contribution in [0.25, 0.3) is 11.0 Å². The summed E-state index contributed by atoms with van der Waals surface area (Å²) in [5.41, 5.74) is -0.522. The van der Waals surface area contributed by atoms with E-state index < -0.39 is 22.2 Å². The fourth-order valence-corrected chi connectivity index (χ4v) is 4.56. The predicted molar refractivity (Wildman–Crippen MR) is 105 cm³/mol. The van der Waals surface area contributed by atoms with Crippen LogP contribution < -0.4 is 5.01 Å². The lowest BCUT2D eigenvalue weighted by molar-refractivity contribution is -0.503. The van der Waals surface area contributed by atoms with Gasteiger partial charge in [-0.15, -0.1) is 0 Å². The molecular formula is C19H29N5O4. The molecule has 1 N–H and O–H groups in total. The summed E-state index contributed by atoms with van der Waals surface area (Å²) in [6.45, 7) is 7.96. The number of unbranched alkanes of at least 4 members (excludes halogenated alkanes) is 2. The van der Waals surface area contributed by atoms with Gasteiger partial charge in [0.05, 0.1) is 23.8 Å². The van der Waals surface area contributed by atoms with E-state index in [1.165, 1.54) is 17.5 Å². The monoisotopic (exact) mass is 391 g/mol. The zero-order valence-corrected chi connectivity index (χ0v) is 17.0. The summed E-state index contributed by atoms with van der Waals surface area (Å²) < 4.78 is 5.28. The fourth-order valence-electron chi connectivity index (χ4n) is 4.56. The summed E-state index contributed by atoms with van der Waals surface area (Å²) >= 11 is 0. The second kappa shape index (κ2) is 7.63. The van der Waals surface area contributed by atoms with E-state index in [1.807, 2.05) is 20.8 Å². The maximum absolute atomic E-state index is 12.1. The van der Waals surface area contributed by atoms with Crippen LogP contribution in [-0.2, 0) is 0 Å². The highest BCUT2D eigenvalue weighted by atomic mass is 16.7. The Bertz CT molecular complexity index is 839. The number of hydrazine groups is 1. The number of nitrogens with zero attached hydrogens (tertiary/aromatic N) is 5. The normalized spacial score (nSPS) is 25.1. The molecule has 0 saturated carbocycles. The van der Waals surface area contributed by atoms with Gasteiger partial charge in [-0.1, -0.05) is 36.4 Å². The Balaban J connectivity index is 1.98. The van der Waals surface area contributed by atoms with E-state index in [4.69, 9.17) is 4.52 Å². The molecule has 0 aliphatic carbocycles. The Kier molecular flexibility index (Phi) is 5.58. The van der Waals surface area contributed by atoms with Crippen LogP contribution >= 0.6 is 0 Å². The number of hydroxylamine groups is 2. The highest BCUT2D eigenvalue weighted by molar-refractivity contribution is 5.87. The van der Waals surface area contributed by atoms with Crippen LogP contribution in [0.1, 0.15) is 66.2 Å². The molecule has 0 spiro atoms. The van der Waals surface area contributed by atoms with Gasteiger partial charge >= 0.3 is 0 Å². The number of hydrogen-bond acceptors (Lipinski definition) is 7. The Labute approximate surface area is 164 Å². The van der Waals surface area contributed by atoms with Crippen molar-refractivity contribution in [2.45, 2.75) is 83.3 Å². The van der Waals surface area contributed by atoms with Gasteiger partial charge in [-0.2, -0.15) is 5.06 Å². The van der Waals surface area contributed by atoms with Crippen molar-refractivity contribution in [2.75, 3.05) is 5.01 Å². The molecule has 2 atom stereocenters. The van der Waals surface area contributed by atoms with Gasteiger partial charge in [-0.05, 0) is 40.0 Å². The van der Waals surface area contributed by atoms with Crippen molar-refractivity contribution < 1.29 is 14.8 Å². The molecule has 3 rings (SSSR count). The number of hydrogen-bond donors (Lipinski definition) is 1. The zero-order valence-electron chi connectivity index (χ0n) is 17.0. The van der Waals surface area contributed by atoms with Crippen molar-refractivity contribution in [2.24, 2.45) is 0 Å². The number of pyridine rings is 1. The number of nitro groups is 1. The minimum atomic E-state index is -0.610. The Morgan fingerprint density at radius 3 is 2.75 bits per heavy atom. The van der Waals surface area contributed by atoms with Gasteiger partial charge < -0.3 is 9.73 Å². The van der Waals surface area contributed by atoms with Crippen LogP contribution in [0.15, 0.2) is 23.1 Å². The lowest BCUT2D eigenvalue weighted by Crippen LogP contribution is -2.64. The third-order valence-electron chi connectivity index (χ3n) is 5.82. The molecule has 2 unspecified atom stereocenters. The summed E-state index contributed by atoms with van der Waals surface area (Å²) in [5.74, 6) is 0. The Morgan fingerprint density at radius 1 is 1.32 bits per heavy atom. The largest absolute Gasteiger partial charge is 0.354 e. The third kappa shape index (κ3) is 3.68. The molecule has 2 aromatic rings. The molecule has 0 bridgehead atoms. The second-order valence-corrected chi connectivity index (χ2v) is 8.63. The summed E-state index contributed by atoms with van der Waals surface area (Å²) in [4.78, 5) is 16.2. The highest BCUT2D eigenvalue weighted by Gasteiger charge is 2.51. The number of fused-ring (bicyclic) bond motifs is 1. The molecule has 28 heavy (non-hydrogen) atoms. The van der Waals surface area contributed by atoms with Crippen molar-refractivity contribution in [3.8, 4) is 0 Å². The minimum absolute atomic E-state index is 0.295. The molecule has 3 heterocycles. The second-order valence-electron chi connectivity index (χ2n) is 8.63. The first-order valence-corrected chi connectivity index (χ1v) is 9.81. The van der Waals surface area contributed by atoms with Crippen LogP contribution in [0.5, 0.6) is 0 Å². The predicted octanol–water partition coefficient (Wildman–Crippen LogP) is 4.19. The number of piperidine rings is 1. The van der Waals surface area contributed by atoms with Crippen LogP contribution in [0.3, 0.4) is 0 Å². The zero-order chi connectivity index (χ0) is 20.5. The third-order valence-corrected chi connectivity index (χ3v) is 5.82. The molecule has 1 aliphatic heterocycles. The molecule has 0 radical (unpaired) electrons. The van der Waals surface area contributed by atoms with E-state index in [0.29, 0.717) is 29.5 Å². The number of anilines is 1. The lowest BCUT2D eigenvalue weighted by atomic mass is 9.75. The molecule has 1 aliphatic rings. The van der Waals surface area contributed by atoms with Crippen LogP contribution in [-0.4, -0.2) is 42.6 Å². The average molecular weight is 391 g/mol. The van der Waals surface area contributed by atoms with Gasteiger partial charge in [-0.25, -0.2) is 10.1 Å². The van der Waals surface area contributed by atoms with Gasteiger partial charge in [0.2, 0.25) is 0 Å². The molecule has 1 fully saturated rings. The first-order chi connectivity index (χ1) is 13.2. The molecule has 9 nitrogen and oxygen atoms in total. The van der Waals surface area contributed by atoms with Crippen molar-refractivity contribution in [3.63, 3.8) is 0 Å². The fraction of sp³-hybridized carbons (Fsp3) is 0.684. The first-order valence-electron chi connectivity index (χ1n) is 9.81. The van der Waals surface area contributed by atoms with Gasteiger partial charge in [0.25, 0.3) is 0 Å². The van der Waals surface area contributed by atoms with Gasteiger partial charge in [0, 0.05) is 17.3 Å². The molecular weight excluding hydrogens is 362 g/mol. The van der Waals surface area contributed by atoms with Gasteiger partial charge in [-0.3, -0.25) is 4.98 Å². The summed E-state index contributed by atoms with van der Waals surface area (Å²) in [6, 6.07) is -0.419. The molecule has 154 valence electrons. The molecule has 0 amide bonds. The van der Waals surface area contributed by atoms with Crippen LogP contribution in [0, 0.1) is 10.1 Å². The van der Waals surface area contributed by atoms with E-state index in [-0.39, 0.29) is 0 Å². The average Bonchev–Trinajstić information content (AvgIpc) is 3.09. The van der Waals surface area contributed by atoms with Crippen molar-refractivity contribution in [1.82, 2.24) is 15.2 Å². The summed E-state index contributed by atoms with van der Waals surface area (Å²) in [5, 5.41) is 29.5. The summed E-state index contributed by atoms with van der Waals surface area (Å²) in [6.07, 6.45) is 9.28. The van der Waals surface area contributed by atoms with E-state index >= 15 is 0 Å². The molecule has 2 aromatic heterocycles. The van der Waals surface area contributed by atoms with Crippen LogP contribution in [0.4, 0.5) is 5.69 Å². The quantitative estimate of drug-likeness (QED) is 0.425. The lowest BCUT2D eigenvalue weighted by Gasteiger charge is -2.53. The van der Waals surface area contributed by atoms with E-state index in [2.05, 4.69) is 17.1 Å². The maximum Gasteiger partial charge on any atom is 0.199 e. The van der Waals surface area contributed by atoms with E-state index in [9.17, 15) is 15.3 Å². The topological polar surface area (TPSA) is 109 Å². The van der Waals surface area contributed by atoms with Crippen LogP contribution in [0.2, 0.25) is 0 Å². The highest BCUT2D eigenvalue weighted by Crippen LogP contribution is 2.43. The van der Waals surface area contributed by atoms with Gasteiger partial charge in [0.15, 0.2) is 16.3 Å². The molecule has 9 heteroatoms.